The van der Waals surface area contributed by atoms with Crippen LogP contribution < -0.4 is 10.1 Å². The number of nitrogens with zero attached hydrogens (tertiary/aromatic N) is 3. The van der Waals surface area contributed by atoms with Crippen LogP contribution in [0.1, 0.15) is 17.5 Å². The number of carbonyl (C=O) groups excluding carboxylic acids is 1. The number of pyridine rings is 1. The highest BCUT2D eigenvalue weighted by atomic mass is 16.5. The van der Waals surface area contributed by atoms with Gasteiger partial charge in [-0.3, -0.25) is 14.5 Å². The van der Waals surface area contributed by atoms with Gasteiger partial charge in [-0.25, -0.2) is 0 Å². The molecule has 0 saturated carbocycles. The minimum absolute atomic E-state index is 0.0922. The van der Waals surface area contributed by atoms with Crippen molar-refractivity contribution in [3.63, 3.8) is 0 Å². The van der Waals surface area contributed by atoms with Crippen LogP contribution in [-0.2, 0) is 24.8 Å². The molecule has 0 spiro atoms. The van der Waals surface area contributed by atoms with Crippen LogP contribution in [0.5, 0.6) is 5.75 Å². The number of fused-ring (bicyclic) bond motifs is 1. The fraction of sp³-hybridized carbons (Fsp3) is 0.250. The third-order valence-corrected chi connectivity index (χ3v) is 4.59. The highest BCUT2D eigenvalue weighted by Crippen LogP contribution is 2.27. The number of hydrogen-bond donors (Lipinski definition) is 1. The Hall–Kier alpha value is -3.15. The molecule has 0 fully saturated rings. The Balaban J connectivity index is 1.40. The van der Waals surface area contributed by atoms with Gasteiger partial charge < -0.3 is 10.1 Å². The first-order chi connectivity index (χ1) is 12.7. The second-order valence-electron chi connectivity index (χ2n) is 6.39. The molecule has 0 bridgehead atoms. The van der Waals surface area contributed by atoms with Crippen LogP contribution in [0.15, 0.2) is 55.0 Å². The van der Waals surface area contributed by atoms with E-state index in [4.69, 9.17) is 4.74 Å². The topological polar surface area (TPSA) is 69.0 Å². The number of benzene rings is 1. The molecule has 6 nitrogen and oxygen atoms in total. The van der Waals surface area contributed by atoms with Crippen LogP contribution in [0.3, 0.4) is 0 Å². The fourth-order valence-electron chi connectivity index (χ4n) is 3.19. The Morgan fingerprint density at radius 2 is 2.19 bits per heavy atom. The van der Waals surface area contributed by atoms with Crippen molar-refractivity contribution in [3.05, 3.63) is 66.1 Å². The second-order valence-corrected chi connectivity index (χ2v) is 6.39. The van der Waals surface area contributed by atoms with Crippen LogP contribution in [-0.4, -0.2) is 26.8 Å². The fourth-order valence-corrected chi connectivity index (χ4v) is 3.19. The zero-order valence-electron chi connectivity index (χ0n) is 14.6. The molecular formula is C20H20N4O2. The summed E-state index contributed by atoms with van der Waals surface area (Å²) < 4.78 is 7.64. The zero-order chi connectivity index (χ0) is 17.9. The van der Waals surface area contributed by atoms with E-state index in [1.165, 1.54) is 0 Å². The number of aryl methyl sites for hydroxylation is 2. The van der Waals surface area contributed by atoms with Crippen molar-refractivity contribution in [3.8, 4) is 17.0 Å². The monoisotopic (exact) mass is 348 g/mol. The van der Waals surface area contributed by atoms with Crippen molar-refractivity contribution in [2.45, 2.75) is 25.5 Å². The normalized spacial score (nSPS) is 15.8. The highest BCUT2D eigenvalue weighted by molar-refractivity contribution is 5.81. The third-order valence-electron chi connectivity index (χ3n) is 4.59. The van der Waals surface area contributed by atoms with Gasteiger partial charge in [0.15, 0.2) is 6.10 Å². The van der Waals surface area contributed by atoms with Gasteiger partial charge in [0.05, 0.1) is 5.69 Å². The van der Waals surface area contributed by atoms with Gasteiger partial charge in [-0.2, -0.15) is 5.10 Å². The lowest BCUT2D eigenvalue weighted by molar-refractivity contribution is -0.128. The predicted molar refractivity (Wildman–Crippen MR) is 97.5 cm³/mol. The van der Waals surface area contributed by atoms with E-state index < -0.39 is 6.10 Å². The maximum Gasteiger partial charge on any atom is 0.261 e. The molecule has 1 aromatic carbocycles. The Labute approximate surface area is 151 Å². The highest BCUT2D eigenvalue weighted by Gasteiger charge is 2.25. The molecule has 0 aliphatic carbocycles. The molecule has 4 rings (SSSR count). The second kappa shape index (κ2) is 7.00. The molecule has 1 aliphatic heterocycles. The molecular weight excluding hydrogens is 328 g/mol. The number of nitrogens with one attached hydrogen (secondary N) is 1. The molecule has 1 atom stereocenters. The summed E-state index contributed by atoms with van der Waals surface area (Å²) in [7, 11) is 1.89. The summed E-state index contributed by atoms with van der Waals surface area (Å²) >= 11 is 0. The average molecular weight is 348 g/mol. The molecule has 0 radical (unpaired) electrons. The van der Waals surface area contributed by atoms with Gasteiger partial charge >= 0.3 is 0 Å². The number of ether oxygens (including phenoxy) is 1. The summed E-state index contributed by atoms with van der Waals surface area (Å²) in [4.78, 5) is 16.8. The van der Waals surface area contributed by atoms with Crippen molar-refractivity contribution in [1.82, 2.24) is 20.1 Å². The van der Waals surface area contributed by atoms with Crippen molar-refractivity contribution >= 4 is 5.91 Å². The Bertz CT molecular complexity index is 935. The first kappa shape index (κ1) is 16.3. The van der Waals surface area contributed by atoms with E-state index in [-0.39, 0.29) is 5.91 Å². The van der Waals surface area contributed by atoms with E-state index >= 15 is 0 Å². The lowest BCUT2D eigenvalue weighted by Gasteiger charge is -2.25. The van der Waals surface area contributed by atoms with E-state index in [0.717, 1.165) is 34.6 Å². The molecule has 6 heteroatoms. The summed E-state index contributed by atoms with van der Waals surface area (Å²) in [5.74, 6) is 0.712. The molecule has 2 aromatic heterocycles. The molecule has 132 valence electrons. The lowest BCUT2D eigenvalue weighted by atomic mass is 10.0. The van der Waals surface area contributed by atoms with Gasteiger partial charge in [-0.05, 0) is 42.2 Å². The van der Waals surface area contributed by atoms with Crippen molar-refractivity contribution in [2.24, 2.45) is 7.05 Å². The van der Waals surface area contributed by atoms with Gasteiger partial charge in [0.1, 0.15) is 5.75 Å². The minimum Gasteiger partial charge on any atom is -0.480 e. The van der Waals surface area contributed by atoms with Crippen molar-refractivity contribution < 1.29 is 9.53 Å². The van der Waals surface area contributed by atoms with Crippen LogP contribution >= 0.6 is 0 Å². The quantitative estimate of drug-likeness (QED) is 0.786. The molecule has 1 amide bonds. The van der Waals surface area contributed by atoms with E-state index in [2.05, 4.69) is 15.4 Å². The summed E-state index contributed by atoms with van der Waals surface area (Å²) in [6.07, 6.45) is 6.41. The van der Waals surface area contributed by atoms with Crippen LogP contribution in [0.25, 0.3) is 11.3 Å². The smallest absolute Gasteiger partial charge is 0.261 e. The van der Waals surface area contributed by atoms with E-state index in [9.17, 15) is 4.79 Å². The first-order valence-electron chi connectivity index (χ1n) is 8.65. The largest absolute Gasteiger partial charge is 0.480 e. The summed E-state index contributed by atoms with van der Waals surface area (Å²) in [5.41, 5.74) is 4.05. The summed E-state index contributed by atoms with van der Waals surface area (Å²) in [6.45, 7) is 0.416. The van der Waals surface area contributed by atoms with Gasteiger partial charge in [0, 0.05) is 37.7 Å². The zero-order valence-corrected chi connectivity index (χ0v) is 14.6. The van der Waals surface area contributed by atoms with E-state index in [0.29, 0.717) is 13.0 Å². The summed E-state index contributed by atoms with van der Waals surface area (Å²) in [6, 6.07) is 11.8. The van der Waals surface area contributed by atoms with E-state index in [1.807, 2.05) is 43.4 Å². The Kier molecular flexibility index (Phi) is 4.39. The molecule has 0 unspecified atom stereocenters. The maximum absolute atomic E-state index is 12.5. The first-order valence-corrected chi connectivity index (χ1v) is 8.65. The molecule has 1 N–H and O–H groups in total. The third kappa shape index (κ3) is 3.31. The summed E-state index contributed by atoms with van der Waals surface area (Å²) in [5, 5.41) is 7.14. The Morgan fingerprint density at radius 3 is 3.04 bits per heavy atom. The van der Waals surface area contributed by atoms with Crippen LogP contribution in [0.2, 0.25) is 0 Å². The van der Waals surface area contributed by atoms with Gasteiger partial charge in [0.2, 0.25) is 0 Å². The van der Waals surface area contributed by atoms with Crippen molar-refractivity contribution in [1.29, 1.82) is 0 Å². The van der Waals surface area contributed by atoms with Crippen LogP contribution in [0.4, 0.5) is 0 Å². The number of para-hydroxylation sites is 1. The van der Waals surface area contributed by atoms with Gasteiger partial charge in [-0.15, -0.1) is 0 Å². The molecule has 3 heterocycles. The molecule has 26 heavy (non-hydrogen) atoms. The van der Waals surface area contributed by atoms with Gasteiger partial charge in [-0.1, -0.05) is 18.2 Å². The Morgan fingerprint density at radius 1 is 1.31 bits per heavy atom. The lowest BCUT2D eigenvalue weighted by Crippen LogP contribution is -2.40. The number of rotatable bonds is 4. The SMILES string of the molecule is Cn1nccc1-c1cncc(CNC(=O)[C@H]2CCc3ccccc3O2)c1. The number of hydrogen-bond acceptors (Lipinski definition) is 4. The number of carbonyl (C=O) groups is 1. The number of aromatic nitrogens is 3. The van der Waals surface area contributed by atoms with E-state index in [1.54, 1.807) is 23.3 Å². The molecule has 1 aliphatic rings. The standard InChI is InChI=1S/C20H20N4O2/c1-24-17(8-9-23-24)16-10-14(11-21-13-16)12-22-20(25)19-7-6-15-4-2-3-5-18(15)26-19/h2-5,8-11,13,19H,6-7,12H2,1H3,(H,22,25)/t19-/m1/s1. The minimum atomic E-state index is -0.446. The average Bonchev–Trinajstić information content (AvgIpc) is 3.12. The van der Waals surface area contributed by atoms with Gasteiger partial charge in [0.25, 0.3) is 5.91 Å². The van der Waals surface area contributed by atoms with Crippen molar-refractivity contribution in [2.75, 3.05) is 0 Å². The maximum atomic E-state index is 12.5. The molecule has 0 saturated heterocycles. The molecule has 3 aromatic rings. The predicted octanol–water partition coefficient (Wildman–Crippen LogP) is 2.49. The van der Waals surface area contributed by atoms with Crippen LogP contribution in [0, 0.1) is 0 Å². The number of amides is 1.